The minimum atomic E-state index is -0.122. The molecule has 0 aliphatic carbocycles. The van der Waals surface area contributed by atoms with Crippen molar-refractivity contribution in [1.29, 1.82) is 0 Å². The molecule has 0 spiro atoms. The SMILES string of the molecule is O=C(CNc1cccc(Br)c1)NC(c1ccccc1)c1cccs1. The van der Waals surface area contributed by atoms with E-state index < -0.39 is 0 Å². The van der Waals surface area contributed by atoms with Crippen molar-refractivity contribution in [1.82, 2.24) is 5.32 Å². The third kappa shape index (κ3) is 4.46. The fourth-order valence-corrected chi connectivity index (χ4v) is 3.61. The molecule has 24 heavy (non-hydrogen) atoms. The smallest absolute Gasteiger partial charge is 0.240 e. The third-order valence-corrected chi connectivity index (χ3v) is 4.97. The predicted octanol–water partition coefficient (Wildman–Crippen LogP) is 4.83. The van der Waals surface area contributed by atoms with Gasteiger partial charge in [-0.25, -0.2) is 0 Å². The van der Waals surface area contributed by atoms with Crippen LogP contribution < -0.4 is 10.6 Å². The number of halogens is 1. The maximum atomic E-state index is 12.4. The first-order chi connectivity index (χ1) is 11.7. The molecule has 5 heteroatoms. The number of amides is 1. The lowest BCUT2D eigenvalue weighted by atomic mass is 10.1. The van der Waals surface area contributed by atoms with Crippen molar-refractivity contribution in [2.24, 2.45) is 0 Å². The quantitative estimate of drug-likeness (QED) is 0.621. The molecule has 0 aliphatic rings. The Balaban J connectivity index is 1.68. The van der Waals surface area contributed by atoms with Crippen molar-refractivity contribution in [3.63, 3.8) is 0 Å². The maximum absolute atomic E-state index is 12.4. The van der Waals surface area contributed by atoms with Crippen LogP contribution in [0.5, 0.6) is 0 Å². The van der Waals surface area contributed by atoms with E-state index in [0.717, 1.165) is 20.6 Å². The lowest BCUT2D eigenvalue weighted by Gasteiger charge is -2.18. The van der Waals surface area contributed by atoms with E-state index in [9.17, 15) is 4.79 Å². The van der Waals surface area contributed by atoms with Crippen LogP contribution in [0, 0.1) is 0 Å². The van der Waals surface area contributed by atoms with E-state index in [1.54, 1.807) is 11.3 Å². The number of thiophene rings is 1. The number of hydrogen-bond donors (Lipinski definition) is 2. The van der Waals surface area contributed by atoms with Gasteiger partial charge in [0.15, 0.2) is 0 Å². The van der Waals surface area contributed by atoms with Gasteiger partial charge in [0.2, 0.25) is 5.91 Å². The standard InChI is InChI=1S/C19H17BrN2OS/c20-15-8-4-9-16(12-15)21-13-18(23)22-19(17-10-5-11-24-17)14-6-2-1-3-7-14/h1-12,19,21H,13H2,(H,22,23). The molecule has 3 rings (SSSR count). The first-order valence-electron chi connectivity index (χ1n) is 7.59. The van der Waals surface area contributed by atoms with Crippen LogP contribution in [-0.4, -0.2) is 12.5 Å². The minimum Gasteiger partial charge on any atom is -0.376 e. The van der Waals surface area contributed by atoms with Gasteiger partial charge in [0.1, 0.15) is 0 Å². The average molecular weight is 401 g/mol. The molecular formula is C19H17BrN2OS. The topological polar surface area (TPSA) is 41.1 Å². The van der Waals surface area contributed by atoms with Crippen molar-refractivity contribution in [2.75, 3.05) is 11.9 Å². The van der Waals surface area contributed by atoms with E-state index in [1.807, 2.05) is 72.1 Å². The van der Waals surface area contributed by atoms with Gasteiger partial charge < -0.3 is 10.6 Å². The van der Waals surface area contributed by atoms with Gasteiger partial charge >= 0.3 is 0 Å². The zero-order valence-corrected chi connectivity index (χ0v) is 15.3. The zero-order chi connectivity index (χ0) is 16.8. The summed E-state index contributed by atoms with van der Waals surface area (Å²) in [6, 6.07) is 21.7. The summed E-state index contributed by atoms with van der Waals surface area (Å²) in [6.07, 6.45) is 0. The summed E-state index contributed by atoms with van der Waals surface area (Å²) in [7, 11) is 0. The third-order valence-electron chi connectivity index (χ3n) is 3.54. The molecule has 2 aromatic carbocycles. The summed E-state index contributed by atoms with van der Waals surface area (Å²) in [5, 5.41) is 8.29. The van der Waals surface area contributed by atoms with Crippen molar-refractivity contribution in [3.8, 4) is 0 Å². The summed E-state index contributed by atoms with van der Waals surface area (Å²) in [4.78, 5) is 13.5. The molecule has 1 amide bonds. The molecule has 0 bridgehead atoms. The number of carbonyl (C=O) groups is 1. The van der Waals surface area contributed by atoms with Crippen LogP contribution in [0.4, 0.5) is 5.69 Å². The van der Waals surface area contributed by atoms with Crippen molar-refractivity contribution >= 4 is 38.9 Å². The van der Waals surface area contributed by atoms with Crippen LogP contribution in [0.25, 0.3) is 0 Å². The summed E-state index contributed by atoms with van der Waals surface area (Å²) in [5.41, 5.74) is 1.99. The second-order valence-corrected chi connectivity index (χ2v) is 7.19. The van der Waals surface area contributed by atoms with E-state index in [-0.39, 0.29) is 18.5 Å². The fourth-order valence-electron chi connectivity index (χ4n) is 2.41. The van der Waals surface area contributed by atoms with Gasteiger partial charge in [-0.05, 0) is 35.2 Å². The molecule has 1 heterocycles. The second kappa shape index (κ2) is 8.13. The molecule has 0 aliphatic heterocycles. The van der Waals surface area contributed by atoms with Crippen LogP contribution in [0.1, 0.15) is 16.5 Å². The Labute approximate surface area is 153 Å². The van der Waals surface area contributed by atoms with Gasteiger partial charge in [-0.2, -0.15) is 0 Å². The molecule has 1 unspecified atom stereocenters. The van der Waals surface area contributed by atoms with Gasteiger partial charge in [0.05, 0.1) is 12.6 Å². The normalized spacial score (nSPS) is 11.7. The lowest BCUT2D eigenvalue weighted by Crippen LogP contribution is -2.33. The summed E-state index contributed by atoms with van der Waals surface area (Å²) >= 11 is 5.07. The van der Waals surface area contributed by atoms with E-state index >= 15 is 0 Å². The molecule has 0 radical (unpaired) electrons. The fraction of sp³-hybridized carbons (Fsp3) is 0.105. The Kier molecular flexibility index (Phi) is 5.67. The first-order valence-corrected chi connectivity index (χ1v) is 9.27. The van der Waals surface area contributed by atoms with Gasteiger partial charge in [-0.1, -0.05) is 58.4 Å². The van der Waals surface area contributed by atoms with Crippen molar-refractivity contribution in [3.05, 3.63) is 87.0 Å². The Morgan fingerprint density at radius 1 is 1.04 bits per heavy atom. The van der Waals surface area contributed by atoms with Crippen LogP contribution in [0.2, 0.25) is 0 Å². The molecule has 3 aromatic rings. The highest BCUT2D eigenvalue weighted by Crippen LogP contribution is 2.25. The zero-order valence-electron chi connectivity index (χ0n) is 12.9. The van der Waals surface area contributed by atoms with Gasteiger partial charge in [-0.15, -0.1) is 11.3 Å². The van der Waals surface area contributed by atoms with Crippen molar-refractivity contribution < 1.29 is 4.79 Å². The van der Waals surface area contributed by atoms with E-state index in [1.165, 1.54) is 0 Å². The largest absolute Gasteiger partial charge is 0.376 e. The van der Waals surface area contributed by atoms with E-state index in [4.69, 9.17) is 0 Å². The highest BCUT2D eigenvalue weighted by Gasteiger charge is 2.17. The van der Waals surface area contributed by atoms with Gasteiger partial charge in [-0.3, -0.25) is 4.79 Å². The van der Waals surface area contributed by atoms with Crippen LogP contribution in [-0.2, 0) is 4.79 Å². The molecule has 1 atom stereocenters. The molecule has 3 nitrogen and oxygen atoms in total. The Bertz CT molecular complexity index is 790. The summed E-state index contributed by atoms with van der Waals surface area (Å²) in [5.74, 6) is -0.0442. The number of rotatable bonds is 6. The lowest BCUT2D eigenvalue weighted by molar-refractivity contribution is -0.119. The van der Waals surface area contributed by atoms with E-state index in [0.29, 0.717) is 0 Å². The average Bonchev–Trinajstić information content (AvgIpc) is 3.13. The predicted molar refractivity (Wildman–Crippen MR) is 103 cm³/mol. The highest BCUT2D eigenvalue weighted by atomic mass is 79.9. The second-order valence-electron chi connectivity index (χ2n) is 5.29. The minimum absolute atomic E-state index is 0.0442. The maximum Gasteiger partial charge on any atom is 0.240 e. The molecule has 0 saturated heterocycles. The molecule has 0 saturated carbocycles. The molecule has 2 N–H and O–H groups in total. The number of hydrogen-bond acceptors (Lipinski definition) is 3. The Hall–Kier alpha value is -2.11. The number of benzene rings is 2. The molecule has 122 valence electrons. The Morgan fingerprint density at radius 3 is 2.58 bits per heavy atom. The molecular weight excluding hydrogens is 384 g/mol. The summed E-state index contributed by atoms with van der Waals surface area (Å²) < 4.78 is 0.980. The first kappa shape index (κ1) is 16.7. The van der Waals surface area contributed by atoms with Crippen LogP contribution in [0.3, 0.4) is 0 Å². The number of carbonyl (C=O) groups excluding carboxylic acids is 1. The highest BCUT2D eigenvalue weighted by molar-refractivity contribution is 9.10. The monoisotopic (exact) mass is 400 g/mol. The van der Waals surface area contributed by atoms with Crippen LogP contribution >= 0.6 is 27.3 Å². The van der Waals surface area contributed by atoms with E-state index in [2.05, 4.69) is 26.6 Å². The Morgan fingerprint density at radius 2 is 1.88 bits per heavy atom. The van der Waals surface area contributed by atoms with Gasteiger partial charge in [0, 0.05) is 15.0 Å². The van der Waals surface area contributed by atoms with Gasteiger partial charge in [0.25, 0.3) is 0 Å². The molecule has 0 fully saturated rings. The molecule has 1 aromatic heterocycles. The number of anilines is 1. The summed E-state index contributed by atoms with van der Waals surface area (Å²) in [6.45, 7) is 0.227. The van der Waals surface area contributed by atoms with Crippen molar-refractivity contribution in [2.45, 2.75) is 6.04 Å². The van der Waals surface area contributed by atoms with Crippen LogP contribution in [0.15, 0.2) is 76.6 Å². The number of nitrogens with one attached hydrogen (secondary N) is 2.